The number of carboxylic acid groups (broad SMARTS) is 1. The number of carboxylic acids is 1. The largest absolute Gasteiger partial charge is 0.480 e. The van der Waals surface area contributed by atoms with E-state index < -0.39 is 5.97 Å². The van der Waals surface area contributed by atoms with Crippen LogP contribution in [0, 0.1) is 0 Å². The van der Waals surface area contributed by atoms with Crippen molar-refractivity contribution in [1.82, 2.24) is 4.90 Å². The number of rotatable bonds is 4. The molecule has 0 atom stereocenters. The van der Waals surface area contributed by atoms with Crippen molar-refractivity contribution in [2.75, 3.05) is 19.6 Å². The molecule has 138 valence electrons. The van der Waals surface area contributed by atoms with Gasteiger partial charge < -0.3 is 5.11 Å². The first-order valence-corrected chi connectivity index (χ1v) is 9.91. The van der Waals surface area contributed by atoms with Crippen molar-refractivity contribution in [2.45, 2.75) is 0 Å². The SMILES string of the molecule is O=C(O)CN1C/C(=C\c2ccccc2Br)C(=O)/C(=C/c2ccccc2Br)C1. The van der Waals surface area contributed by atoms with Crippen molar-refractivity contribution in [3.05, 3.63) is 79.7 Å². The summed E-state index contributed by atoms with van der Waals surface area (Å²) >= 11 is 6.98. The van der Waals surface area contributed by atoms with E-state index in [0.717, 1.165) is 20.1 Å². The Morgan fingerprint density at radius 3 is 1.78 bits per heavy atom. The zero-order valence-electron chi connectivity index (χ0n) is 14.4. The second-order valence-electron chi connectivity index (χ2n) is 6.25. The van der Waals surface area contributed by atoms with E-state index in [1.165, 1.54) is 0 Å². The summed E-state index contributed by atoms with van der Waals surface area (Å²) < 4.78 is 1.77. The monoisotopic (exact) mass is 489 g/mol. The topological polar surface area (TPSA) is 57.6 Å². The molecular weight excluding hydrogens is 474 g/mol. The van der Waals surface area contributed by atoms with E-state index >= 15 is 0 Å². The maximum Gasteiger partial charge on any atom is 0.317 e. The summed E-state index contributed by atoms with van der Waals surface area (Å²) in [6, 6.07) is 15.3. The maximum atomic E-state index is 13.0. The third kappa shape index (κ3) is 5.03. The smallest absolute Gasteiger partial charge is 0.317 e. The van der Waals surface area contributed by atoms with Crippen molar-refractivity contribution in [2.24, 2.45) is 0 Å². The summed E-state index contributed by atoms with van der Waals surface area (Å²) in [6.07, 6.45) is 3.66. The molecule has 0 spiro atoms. The number of likely N-dealkylation sites (tertiary alicyclic amines) is 1. The number of benzene rings is 2. The van der Waals surface area contributed by atoms with E-state index in [9.17, 15) is 14.7 Å². The Hall–Kier alpha value is -2.02. The predicted octanol–water partition coefficient (Wildman–Crippen LogP) is 4.65. The third-order valence-corrected chi connectivity index (χ3v) is 5.64. The number of carbonyl (C=O) groups is 2. The molecule has 27 heavy (non-hydrogen) atoms. The first-order valence-electron chi connectivity index (χ1n) is 8.33. The van der Waals surface area contributed by atoms with Crippen LogP contribution < -0.4 is 0 Å². The summed E-state index contributed by atoms with van der Waals surface area (Å²) in [5, 5.41) is 9.19. The van der Waals surface area contributed by atoms with Gasteiger partial charge in [-0.05, 0) is 35.4 Å². The molecule has 2 aromatic carbocycles. The van der Waals surface area contributed by atoms with Crippen molar-refractivity contribution in [3.8, 4) is 0 Å². The lowest BCUT2D eigenvalue weighted by atomic mass is 9.94. The molecule has 1 fully saturated rings. The van der Waals surface area contributed by atoms with Gasteiger partial charge in [-0.2, -0.15) is 0 Å². The van der Waals surface area contributed by atoms with Crippen LogP contribution in [-0.4, -0.2) is 41.4 Å². The van der Waals surface area contributed by atoms with Crippen molar-refractivity contribution in [1.29, 1.82) is 0 Å². The minimum Gasteiger partial charge on any atom is -0.480 e. The molecule has 0 saturated carbocycles. The minimum absolute atomic E-state index is 0.0526. The van der Waals surface area contributed by atoms with E-state index in [4.69, 9.17) is 0 Å². The van der Waals surface area contributed by atoms with E-state index in [2.05, 4.69) is 31.9 Å². The van der Waals surface area contributed by atoms with Crippen LogP contribution in [0.25, 0.3) is 12.2 Å². The minimum atomic E-state index is -0.912. The zero-order valence-corrected chi connectivity index (χ0v) is 17.5. The number of nitrogens with zero attached hydrogens (tertiary/aromatic N) is 1. The number of Topliss-reactive ketones (excluding diaryl/α,β-unsaturated/α-hetero) is 1. The van der Waals surface area contributed by atoms with Gasteiger partial charge in [0.1, 0.15) is 0 Å². The molecule has 0 unspecified atom stereocenters. The van der Waals surface area contributed by atoms with Crippen LogP contribution in [0.4, 0.5) is 0 Å². The molecule has 0 radical (unpaired) electrons. The first-order chi connectivity index (χ1) is 12.9. The number of hydrogen-bond donors (Lipinski definition) is 1. The standard InChI is InChI=1S/C21H17Br2NO3/c22-18-7-3-1-5-14(18)9-16-11-24(13-20(25)26)12-17(21(16)27)10-15-6-2-4-8-19(15)23/h1-10H,11-13H2,(H,25,26)/b16-9+,17-10+. The van der Waals surface area contributed by atoms with Gasteiger partial charge in [-0.3, -0.25) is 14.5 Å². The molecule has 4 nitrogen and oxygen atoms in total. The van der Waals surface area contributed by atoms with Crippen LogP contribution in [0.15, 0.2) is 68.6 Å². The normalized spacial score (nSPS) is 18.2. The summed E-state index contributed by atoms with van der Waals surface area (Å²) in [5.41, 5.74) is 2.93. The second-order valence-corrected chi connectivity index (χ2v) is 7.96. The highest BCUT2D eigenvalue weighted by Gasteiger charge is 2.27. The Bertz CT molecular complexity index is 882. The highest BCUT2D eigenvalue weighted by atomic mass is 79.9. The molecule has 0 aliphatic carbocycles. The van der Waals surface area contributed by atoms with E-state index in [0.29, 0.717) is 24.2 Å². The summed E-state index contributed by atoms with van der Waals surface area (Å²) in [7, 11) is 0. The number of carbonyl (C=O) groups excluding carboxylic acids is 1. The predicted molar refractivity (Wildman–Crippen MR) is 113 cm³/mol. The molecule has 0 bridgehead atoms. The Labute approximate surface area is 174 Å². The van der Waals surface area contributed by atoms with Gasteiger partial charge >= 0.3 is 5.97 Å². The van der Waals surface area contributed by atoms with E-state index in [1.54, 1.807) is 4.90 Å². The molecule has 1 heterocycles. The number of hydrogen-bond acceptors (Lipinski definition) is 3. The average Bonchev–Trinajstić information content (AvgIpc) is 2.62. The average molecular weight is 491 g/mol. The van der Waals surface area contributed by atoms with Gasteiger partial charge in [0, 0.05) is 33.2 Å². The van der Waals surface area contributed by atoms with Crippen molar-refractivity contribution >= 4 is 55.8 Å². The van der Waals surface area contributed by atoms with Crippen LogP contribution in [0.1, 0.15) is 11.1 Å². The van der Waals surface area contributed by atoms with E-state index in [-0.39, 0.29) is 12.3 Å². The number of ketones is 1. The molecule has 6 heteroatoms. The fourth-order valence-electron chi connectivity index (χ4n) is 2.97. The van der Waals surface area contributed by atoms with Crippen LogP contribution in [0.5, 0.6) is 0 Å². The fraction of sp³-hybridized carbons (Fsp3) is 0.143. The Morgan fingerprint density at radius 1 is 0.926 bits per heavy atom. The fourth-order valence-corrected chi connectivity index (χ4v) is 3.77. The van der Waals surface area contributed by atoms with Crippen molar-refractivity contribution < 1.29 is 14.7 Å². The van der Waals surface area contributed by atoms with Crippen LogP contribution in [0.2, 0.25) is 0 Å². The van der Waals surface area contributed by atoms with Gasteiger partial charge in [0.15, 0.2) is 5.78 Å². The number of piperidine rings is 1. The highest BCUT2D eigenvalue weighted by molar-refractivity contribution is 9.10. The second kappa shape index (κ2) is 8.78. The van der Waals surface area contributed by atoms with Crippen LogP contribution >= 0.6 is 31.9 Å². The lowest BCUT2D eigenvalue weighted by Gasteiger charge is -2.28. The summed E-state index contributed by atoms with van der Waals surface area (Å²) in [6.45, 7) is 0.493. The van der Waals surface area contributed by atoms with Gasteiger partial charge in [-0.1, -0.05) is 68.3 Å². The van der Waals surface area contributed by atoms with Gasteiger partial charge in [-0.25, -0.2) is 0 Å². The number of halogens is 2. The van der Waals surface area contributed by atoms with Gasteiger partial charge in [0.25, 0.3) is 0 Å². The maximum absolute atomic E-state index is 13.0. The van der Waals surface area contributed by atoms with Crippen molar-refractivity contribution in [3.63, 3.8) is 0 Å². The Morgan fingerprint density at radius 2 is 1.37 bits per heavy atom. The molecule has 1 aliphatic heterocycles. The third-order valence-electron chi connectivity index (χ3n) is 4.20. The quantitative estimate of drug-likeness (QED) is 0.634. The molecule has 3 rings (SSSR count). The van der Waals surface area contributed by atoms with Crippen LogP contribution in [-0.2, 0) is 9.59 Å². The molecule has 1 aliphatic rings. The molecular formula is C21H17Br2NO3. The van der Waals surface area contributed by atoms with E-state index in [1.807, 2.05) is 60.7 Å². The Balaban J connectivity index is 2.01. The molecule has 1 saturated heterocycles. The van der Waals surface area contributed by atoms with Gasteiger partial charge in [0.05, 0.1) is 6.54 Å². The van der Waals surface area contributed by atoms with Crippen LogP contribution in [0.3, 0.4) is 0 Å². The lowest BCUT2D eigenvalue weighted by molar-refractivity contribution is -0.138. The molecule has 0 amide bonds. The first kappa shape index (κ1) is 19.7. The molecule has 0 aromatic heterocycles. The highest BCUT2D eigenvalue weighted by Crippen LogP contribution is 2.26. The zero-order chi connectivity index (χ0) is 19.4. The number of aliphatic carboxylic acids is 1. The summed E-state index contributed by atoms with van der Waals surface area (Å²) in [4.78, 5) is 26.0. The lowest BCUT2D eigenvalue weighted by Crippen LogP contribution is -2.40. The van der Waals surface area contributed by atoms with Gasteiger partial charge in [0.2, 0.25) is 0 Å². The van der Waals surface area contributed by atoms with Gasteiger partial charge in [-0.15, -0.1) is 0 Å². The Kier molecular flexibility index (Phi) is 6.42. The molecule has 2 aromatic rings. The summed E-state index contributed by atoms with van der Waals surface area (Å²) in [5.74, 6) is -0.965. The molecule has 1 N–H and O–H groups in total.